The molecule has 0 saturated heterocycles. The Morgan fingerprint density at radius 1 is 1.15 bits per heavy atom. The third kappa shape index (κ3) is 4.83. The standard InChI is InChI=1S/C21H17ClN6O5/c1-32-15-5-2-13(3-6-15)20-25-24-18-8-9-19(26-27(18)20)33-11-10-23-21(29)16-12-14(22)4-7-17(16)28(30)31/h2-9,12H,10-11H2,1H3,(H,23,29). The van der Waals surface area contributed by atoms with Gasteiger partial charge >= 0.3 is 0 Å². The van der Waals surface area contributed by atoms with Crippen LogP contribution in [-0.4, -0.2) is 50.9 Å². The number of carbonyl (C=O) groups excluding carboxylic acids is 1. The molecule has 0 aliphatic rings. The molecule has 0 spiro atoms. The topological polar surface area (TPSA) is 134 Å². The molecular formula is C21H17ClN6O5. The van der Waals surface area contributed by atoms with Gasteiger partial charge in [0.05, 0.1) is 18.6 Å². The number of nitrogens with zero attached hydrogens (tertiary/aromatic N) is 5. The quantitative estimate of drug-likeness (QED) is 0.237. The predicted molar refractivity (Wildman–Crippen MR) is 119 cm³/mol. The van der Waals surface area contributed by atoms with E-state index in [0.29, 0.717) is 17.4 Å². The number of benzene rings is 2. The lowest BCUT2D eigenvalue weighted by atomic mass is 10.1. The molecule has 0 aliphatic heterocycles. The Balaban J connectivity index is 1.41. The Kier molecular flexibility index (Phi) is 6.31. The summed E-state index contributed by atoms with van der Waals surface area (Å²) in [6, 6.07) is 14.4. The van der Waals surface area contributed by atoms with E-state index in [0.717, 1.165) is 11.3 Å². The van der Waals surface area contributed by atoms with Gasteiger partial charge in [-0.15, -0.1) is 15.3 Å². The molecule has 4 rings (SSSR count). The summed E-state index contributed by atoms with van der Waals surface area (Å²) >= 11 is 5.86. The highest BCUT2D eigenvalue weighted by atomic mass is 35.5. The maximum absolute atomic E-state index is 12.3. The molecule has 4 aromatic rings. The summed E-state index contributed by atoms with van der Waals surface area (Å²) in [5, 5.41) is 26.6. The van der Waals surface area contributed by atoms with Crippen LogP contribution in [0.4, 0.5) is 5.69 Å². The molecule has 0 atom stereocenters. The van der Waals surface area contributed by atoms with E-state index >= 15 is 0 Å². The van der Waals surface area contributed by atoms with Crippen molar-refractivity contribution in [1.29, 1.82) is 0 Å². The Labute approximate surface area is 192 Å². The molecule has 2 aromatic carbocycles. The largest absolute Gasteiger partial charge is 0.497 e. The molecule has 1 N–H and O–H groups in total. The van der Waals surface area contributed by atoms with Gasteiger partial charge in [-0.25, -0.2) is 0 Å². The van der Waals surface area contributed by atoms with Crippen LogP contribution in [0.2, 0.25) is 5.02 Å². The second-order valence-corrected chi connectivity index (χ2v) is 7.15. The number of hydrogen-bond acceptors (Lipinski definition) is 8. The predicted octanol–water partition coefficient (Wildman–Crippen LogP) is 3.17. The molecule has 1 amide bonds. The lowest BCUT2D eigenvalue weighted by Gasteiger charge is -2.08. The van der Waals surface area contributed by atoms with E-state index < -0.39 is 10.8 Å². The van der Waals surface area contributed by atoms with Crippen molar-refractivity contribution < 1.29 is 19.2 Å². The first kappa shape index (κ1) is 22.0. The van der Waals surface area contributed by atoms with Gasteiger partial charge in [0.25, 0.3) is 11.6 Å². The number of nitrogens with one attached hydrogen (secondary N) is 1. The maximum Gasteiger partial charge on any atom is 0.282 e. The minimum absolute atomic E-state index is 0.0819. The number of hydrogen-bond donors (Lipinski definition) is 1. The van der Waals surface area contributed by atoms with Crippen molar-refractivity contribution in [1.82, 2.24) is 25.1 Å². The van der Waals surface area contributed by atoms with Crippen LogP contribution < -0.4 is 14.8 Å². The van der Waals surface area contributed by atoms with E-state index in [2.05, 4.69) is 20.6 Å². The average molecular weight is 469 g/mol. The van der Waals surface area contributed by atoms with Crippen LogP contribution in [0.25, 0.3) is 17.0 Å². The van der Waals surface area contributed by atoms with Gasteiger partial charge in [-0.05, 0) is 42.5 Å². The number of ether oxygens (including phenoxy) is 2. The monoisotopic (exact) mass is 468 g/mol. The zero-order valence-corrected chi connectivity index (χ0v) is 18.0. The Bertz CT molecular complexity index is 1320. The third-order valence-electron chi connectivity index (χ3n) is 4.62. The lowest BCUT2D eigenvalue weighted by Crippen LogP contribution is -2.28. The second kappa shape index (κ2) is 9.49. The van der Waals surface area contributed by atoms with E-state index in [1.54, 1.807) is 23.8 Å². The van der Waals surface area contributed by atoms with Crippen molar-refractivity contribution in [3.8, 4) is 23.0 Å². The Morgan fingerprint density at radius 2 is 1.94 bits per heavy atom. The molecule has 168 valence electrons. The fourth-order valence-corrected chi connectivity index (χ4v) is 3.21. The Morgan fingerprint density at radius 3 is 2.67 bits per heavy atom. The minimum Gasteiger partial charge on any atom is -0.497 e. The van der Waals surface area contributed by atoms with Gasteiger partial charge < -0.3 is 14.8 Å². The van der Waals surface area contributed by atoms with E-state index in [4.69, 9.17) is 21.1 Å². The summed E-state index contributed by atoms with van der Waals surface area (Å²) in [4.78, 5) is 22.8. The summed E-state index contributed by atoms with van der Waals surface area (Å²) < 4.78 is 12.3. The highest BCUT2D eigenvalue weighted by Gasteiger charge is 2.20. The van der Waals surface area contributed by atoms with E-state index in [-0.39, 0.29) is 29.4 Å². The molecule has 2 aromatic heterocycles. The number of halogens is 1. The summed E-state index contributed by atoms with van der Waals surface area (Å²) in [5.41, 5.74) is 0.877. The fraction of sp³-hybridized carbons (Fsp3) is 0.143. The van der Waals surface area contributed by atoms with E-state index in [1.165, 1.54) is 18.2 Å². The molecule has 0 unspecified atom stereocenters. The van der Waals surface area contributed by atoms with Gasteiger partial charge in [0.15, 0.2) is 11.5 Å². The van der Waals surface area contributed by atoms with Crippen LogP contribution in [-0.2, 0) is 0 Å². The summed E-state index contributed by atoms with van der Waals surface area (Å²) in [6.45, 7) is 0.175. The molecule has 0 aliphatic carbocycles. The molecule has 2 heterocycles. The van der Waals surface area contributed by atoms with Gasteiger partial charge in [0.1, 0.15) is 17.9 Å². The summed E-state index contributed by atoms with van der Waals surface area (Å²) in [6.07, 6.45) is 0. The van der Waals surface area contributed by atoms with Crippen molar-refractivity contribution in [2.75, 3.05) is 20.3 Å². The molecule has 0 saturated carbocycles. The van der Waals surface area contributed by atoms with Crippen molar-refractivity contribution in [3.63, 3.8) is 0 Å². The van der Waals surface area contributed by atoms with Crippen molar-refractivity contribution in [2.24, 2.45) is 0 Å². The molecular weight excluding hydrogens is 452 g/mol. The zero-order chi connectivity index (χ0) is 23.4. The van der Waals surface area contributed by atoms with Gasteiger partial charge in [-0.3, -0.25) is 14.9 Å². The van der Waals surface area contributed by atoms with E-state index in [1.807, 2.05) is 24.3 Å². The molecule has 0 fully saturated rings. The first-order chi connectivity index (χ1) is 16.0. The van der Waals surface area contributed by atoms with Crippen LogP contribution in [0.1, 0.15) is 10.4 Å². The first-order valence-electron chi connectivity index (χ1n) is 9.68. The lowest BCUT2D eigenvalue weighted by molar-refractivity contribution is -0.385. The highest BCUT2D eigenvalue weighted by molar-refractivity contribution is 6.31. The molecule has 11 nitrogen and oxygen atoms in total. The third-order valence-corrected chi connectivity index (χ3v) is 4.86. The van der Waals surface area contributed by atoms with Crippen LogP contribution in [0, 0.1) is 10.1 Å². The van der Waals surface area contributed by atoms with Gasteiger partial charge in [0.2, 0.25) is 5.88 Å². The van der Waals surface area contributed by atoms with Crippen LogP contribution in [0.15, 0.2) is 54.6 Å². The number of rotatable bonds is 8. The van der Waals surface area contributed by atoms with E-state index in [9.17, 15) is 14.9 Å². The van der Waals surface area contributed by atoms with Crippen LogP contribution >= 0.6 is 11.6 Å². The SMILES string of the molecule is COc1ccc(-c2nnc3ccc(OCCNC(=O)c4cc(Cl)ccc4[N+](=O)[O-])nn23)cc1. The highest BCUT2D eigenvalue weighted by Crippen LogP contribution is 2.23. The van der Waals surface area contributed by atoms with Gasteiger partial charge in [-0.2, -0.15) is 4.52 Å². The molecule has 0 bridgehead atoms. The number of methoxy groups -OCH3 is 1. The minimum atomic E-state index is -0.638. The van der Waals surface area contributed by atoms with Gasteiger partial charge in [0, 0.05) is 22.7 Å². The van der Waals surface area contributed by atoms with Crippen LogP contribution in [0.5, 0.6) is 11.6 Å². The second-order valence-electron chi connectivity index (χ2n) is 6.72. The smallest absolute Gasteiger partial charge is 0.282 e. The zero-order valence-electron chi connectivity index (χ0n) is 17.3. The van der Waals surface area contributed by atoms with Crippen LogP contribution in [0.3, 0.4) is 0 Å². The maximum atomic E-state index is 12.3. The fourth-order valence-electron chi connectivity index (χ4n) is 3.03. The summed E-state index contributed by atoms with van der Waals surface area (Å²) in [5.74, 6) is 0.909. The first-order valence-corrected chi connectivity index (χ1v) is 10.1. The number of nitro groups is 1. The van der Waals surface area contributed by atoms with Crippen molar-refractivity contribution >= 4 is 28.8 Å². The average Bonchev–Trinajstić information content (AvgIpc) is 3.24. The molecule has 0 radical (unpaired) electrons. The molecule has 12 heteroatoms. The van der Waals surface area contributed by atoms with Crippen molar-refractivity contribution in [2.45, 2.75) is 0 Å². The number of nitro benzene ring substituents is 1. The Hall–Kier alpha value is -4.25. The number of carbonyl (C=O) groups is 1. The number of fused-ring (bicyclic) bond motifs is 1. The summed E-state index contributed by atoms with van der Waals surface area (Å²) in [7, 11) is 1.59. The number of aromatic nitrogens is 4. The molecule has 33 heavy (non-hydrogen) atoms. The van der Waals surface area contributed by atoms with Crippen molar-refractivity contribution in [3.05, 3.63) is 75.3 Å². The normalized spacial score (nSPS) is 10.7. The van der Waals surface area contributed by atoms with Gasteiger partial charge in [-0.1, -0.05) is 11.6 Å². The number of amides is 1.